The van der Waals surface area contributed by atoms with Crippen LogP contribution < -0.4 is 11.7 Å². The van der Waals surface area contributed by atoms with Crippen molar-refractivity contribution in [2.75, 3.05) is 41.0 Å². The molecular weight excluding hydrogens is 582 g/mol. The Labute approximate surface area is 296 Å². The smallest absolute Gasteiger partial charge is 0.285 e. The zero-order chi connectivity index (χ0) is 35.9. The Balaban J connectivity index is 0. The summed E-state index contributed by atoms with van der Waals surface area (Å²) in [5.74, 6) is 7.31. The number of nitrogens with zero attached hydrogens (tertiary/aromatic N) is 1. The zero-order valence-electron chi connectivity index (χ0n) is 34.0. The van der Waals surface area contributed by atoms with Gasteiger partial charge in [0.2, 0.25) is 0 Å². The predicted octanol–water partition coefficient (Wildman–Crippen LogP) is 11.8. The Morgan fingerprint density at radius 3 is 1.15 bits per heavy atom. The van der Waals surface area contributed by atoms with Gasteiger partial charge in [0.15, 0.2) is 0 Å². The monoisotopic (exact) mass is 672 g/mol. The van der Waals surface area contributed by atoms with Crippen molar-refractivity contribution < 1.29 is 14.2 Å². The van der Waals surface area contributed by atoms with Crippen LogP contribution in [0.4, 0.5) is 0 Å². The molecule has 4 N–H and O–H groups in total. The van der Waals surface area contributed by atoms with Gasteiger partial charge in [-0.1, -0.05) is 164 Å². The molecule has 1 unspecified atom stereocenters. The maximum atomic E-state index is 5.91. The molecule has 0 aliphatic heterocycles. The lowest BCUT2D eigenvalue weighted by Gasteiger charge is -2.37. The summed E-state index contributed by atoms with van der Waals surface area (Å²) < 4.78 is 17.7. The minimum Gasteiger partial charge on any atom is -0.331 e. The molecule has 0 aromatic rings. The van der Waals surface area contributed by atoms with Gasteiger partial charge in [-0.2, -0.15) is 0 Å². The van der Waals surface area contributed by atoms with Crippen LogP contribution in [-0.4, -0.2) is 51.8 Å². The minimum absolute atomic E-state index is 0.243. The summed E-state index contributed by atoms with van der Waals surface area (Å²) in [5.41, 5.74) is 0.969. The SMILES string of the molecule is CCCCCCCCC(CCN(CCCCCCCCCC(C)(C)C)CCCCCCCCCC(C)(C)C)C(OC)(OC)OC.NN. The number of methoxy groups -OCH3 is 3. The molecular formula is C41H89N3O3. The van der Waals surface area contributed by atoms with E-state index in [0.717, 1.165) is 19.4 Å². The fourth-order valence-electron chi connectivity index (χ4n) is 6.84. The Bertz CT molecular complexity index is 588. The molecule has 0 aromatic carbocycles. The molecule has 0 saturated heterocycles. The third kappa shape index (κ3) is 30.3. The molecule has 0 spiro atoms. The van der Waals surface area contributed by atoms with E-state index < -0.39 is 5.97 Å². The molecule has 0 rings (SSSR count). The van der Waals surface area contributed by atoms with Crippen molar-refractivity contribution in [3.05, 3.63) is 0 Å². The first kappa shape index (κ1) is 48.9. The maximum Gasteiger partial charge on any atom is 0.285 e. The van der Waals surface area contributed by atoms with E-state index >= 15 is 0 Å². The van der Waals surface area contributed by atoms with E-state index in [4.69, 9.17) is 14.2 Å². The highest BCUT2D eigenvalue weighted by molar-refractivity contribution is 4.74. The molecule has 6 nitrogen and oxygen atoms in total. The molecule has 0 radical (unpaired) electrons. The molecule has 0 heterocycles. The van der Waals surface area contributed by atoms with Crippen LogP contribution in [0.1, 0.15) is 203 Å². The van der Waals surface area contributed by atoms with Gasteiger partial charge in [-0.05, 0) is 69.0 Å². The fraction of sp³-hybridized carbons (Fsp3) is 1.00. The van der Waals surface area contributed by atoms with Gasteiger partial charge >= 0.3 is 0 Å². The highest BCUT2D eigenvalue weighted by Crippen LogP contribution is 2.32. The van der Waals surface area contributed by atoms with Gasteiger partial charge in [-0.3, -0.25) is 11.7 Å². The van der Waals surface area contributed by atoms with Gasteiger partial charge < -0.3 is 19.1 Å². The summed E-state index contributed by atoms with van der Waals surface area (Å²) >= 11 is 0. The van der Waals surface area contributed by atoms with E-state index in [-0.39, 0.29) is 5.92 Å². The highest BCUT2D eigenvalue weighted by atomic mass is 16.9. The number of ether oxygens (including phenoxy) is 3. The maximum absolute atomic E-state index is 5.91. The van der Waals surface area contributed by atoms with Crippen LogP contribution in [0.3, 0.4) is 0 Å². The number of hydrazine groups is 1. The molecule has 1 atom stereocenters. The van der Waals surface area contributed by atoms with Crippen molar-refractivity contribution >= 4 is 0 Å². The summed E-state index contributed by atoms with van der Waals surface area (Å²) in [6.45, 7) is 20.0. The van der Waals surface area contributed by atoms with Crippen molar-refractivity contribution in [1.29, 1.82) is 0 Å². The van der Waals surface area contributed by atoms with Crippen molar-refractivity contribution in [2.45, 2.75) is 209 Å². The van der Waals surface area contributed by atoms with Crippen molar-refractivity contribution in [1.82, 2.24) is 4.90 Å². The third-order valence-corrected chi connectivity index (χ3v) is 9.86. The molecule has 0 aliphatic rings. The summed E-state index contributed by atoms with van der Waals surface area (Å²) in [7, 11) is 5.22. The molecule has 0 aliphatic carbocycles. The highest BCUT2D eigenvalue weighted by Gasteiger charge is 2.39. The van der Waals surface area contributed by atoms with E-state index in [9.17, 15) is 0 Å². The van der Waals surface area contributed by atoms with Gasteiger partial charge in [-0.25, -0.2) is 0 Å². The largest absolute Gasteiger partial charge is 0.331 e. The van der Waals surface area contributed by atoms with E-state index in [1.165, 1.54) is 154 Å². The van der Waals surface area contributed by atoms with Crippen LogP contribution in [0.5, 0.6) is 0 Å². The van der Waals surface area contributed by atoms with Crippen molar-refractivity contribution in [3.8, 4) is 0 Å². The normalized spacial score (nSPS) is 13.2. The van der Waals surface area contributed by atoms with E-state index in [0.29, 0.717) is 10.8 Å². The van der Waals surface area contributed by atoms with E-state index in [2.05, 4.69) is 65.1 Å². The number of nitrogens with two attached hydrogens (primary N) is 2. The molecule has 0 fully saturated rings. The van der Waals surface area contributed by atoms with Gasteiger partial charge in [0, 0.05) is 27.2 Å². The number of unbranched alkanes of at least 4 members (excludes halogenated alkanes) is 17. The molecule has 0 amide bonds. The number of hydrogen-bond donors (Lipinski definition) is 2. The summed E-state index contributed by atoms with van der Waals surface area (Å²) in [4.78, 5) is 2.76. The Morgan fingerprint density at radius 2 is 0.787 bits per heavy atom. The summed E-state index contributed by atoms with van der Waals surface area (Å²) in [5, 5.41) is 0. The Kier molecular flexibility index (Phi) is 33.0. The van der Waals surface area contributed by atoms with E-state index in [1.807, 2.05) is 0 Å². The quantitative estimate of drug-likeness (QED) is 0.0320. The van der Waals surface area contributed by atoms with Crippen LogP contribution in [0.2, 0.25) is 0 Å². The number of hydrogen-bond acceptors (Lipinski definition) is 6. The van der Waals surface area contributed by atoms with Gasteiger partial charge in [0.1, 0.15) is 0 Å². The average Bonchev–Trinajstić information content (AvgIpc) is 3.03. The second-order valence-electron chi connectivity index (χ2n) is 16.7. The lowest BCUT2D eigenvalue weighted by atomic mass is 9.89. The lowest BCUT2D eigenvalue weighted by Crippen LogP contribution is -2.45. The number of rotatable bonds is 32. The van der Waals surface area contributed by atoms with Crippen LogP contribution in [0, 0.1) is 16.7 Å². The zero-order valence-corrected chi connectivity index (χ0v) is 34.0. The first-order chi connectivity index (χ1) is 22.4. The van der Waals surface area contributed by atoms with Gasteiger partial charge in [0.05, 0.1) is 0 Å². The Hall–Kier alpha value is -0.240. The van der Waals surface area contributed by atoms with E-state index in [1.54, 1.807) is 21.3 Å². The second kappa shape index (κ2) is 31.7. The molecule has 0 saturated carbocycles. The molecule has 47 heavy (non-hydrogen) atoms. The van der Waals surface area contributed by atoms with Crippen molar-refractivity contribution in [2.24, 2.45) is 28.4 Å². The first-order valence-electron chi connectivity index (χ1n) is 20.1. The molecule has 6 heteroatoms. The average molecular weight is 672 g/mol. The molecule has 0 aromatic heterocycles. The second-order valence-corrected chi connectivity index (χ2v) is 16.7. The standard InChI is InChI=1S/C41H85NO3.H4N2/c1-11-12-13-14-21-26-31-38(41(43-8,44-9)45-10)32-37-42(35-29-24-19-15-17-22-27-33-39(2,3)4)36-30-25-20-16-18-23-28-34-40(5,6)7;1-2/h38H,11-37H2,1-10H3;1-2H2. The van der Waals surface area contributed by atoms with Crippen LogP contribution >= 0.6 is 0 Å². The van der Waals surface area contributed by atoms with Gasteiger partial charge in [0.25, 0.3) is 5.97 Å². The Morgan fingerprint density at radius 1 is 0.447 bits per heavy atom. The third-order valence-electron chi connectivity index (χ3n) is 9.86. The topological polar surface area (TPSA) is 83.0 Å². The van der Waals surface area contributed by atoms with Gasteiger partial charge in [-0.15, -0.1) is 0 Å². The summed E-state index contributed by atoms with van der Waals surface area (Å²) in [6, 6.07) is 0. The van der Waals surface area contributed by atoms with Crippen LogP contribution in [-0.2, 0) is 14.2 Å². The first-order valence-corrected chi connectivity index (χ1v) is 20.1. The predicted molar refractivity (Wildman–Crippen MR) is 207 cm³/mol. The van der Waals surface area contributed by atoms with Crippen LogP contribution in [0.25, 0.3) is 0 Å². The van der Waals surface area contributed by atoms with Crippen molar-refractivity contribution in [3.63, 3.8) is 0 Å². The lowest BCUT2D eigenvalue weighted by molar-refractivity contribution is -0.380. The fourth-order valence-corrected chi connectivity index (χ4v) is 6.84. The summed E-state index contributed by atoms with van der Waals surface area (Å²) in [6.07, 6.45) is 32.1. The molecule has 286 valence electrons. The minimum atomic E-state index is -0.935. The van der Waals surface area contributed by atoms with Crippen LogP contribution in [0.15, 0.2) is 0 Å². The molecule has 0 bridgehead atoms.